The van der Waals surface area contributed by atoms with Gasteiger partial charge in [-0.2, -0.15) is 0 Å². The summed E-state index contributed by atoms with van der Waals surface area (Å²) in [6.45, 7) is 3.38. The number of hydrogen-bond donors (Lipinski definition) is 1. The number of nitrogens with one attached hydrogen (secondary N) is 1. The number of methoxy groups -OCH3 is 1. The predicted molar refractivity (Wildman–Crippen MR) is 86.3 cm³/mol. The molecule has 2 heterocycles. The van der Waals surface area contributed by atoms with Crippen molar-refractivity contribution in [2.45, 2.75) is 43.0 Å². The topological polar surface area (TPSA) is 92.4 Å². The van der Waals surface area contributed by atoms with Crippen molar-refractivity contribution in [2.75, 3.05) is 20.2 Å². The van der Waals surface area contributed by atoms with E-state index in [1.165, 1.54) is 24.9 Å². The monoisotopic (exact) mass is 339 g/mol. The van der Waals surface area contributed by atoms with Crippen LogP contribution >= 0.6 is 11.8 Å². The number of aromatic amines is 1. The van der Waals surface area contributed by atoms with Crippen molar-refractivity contribution >= 4 is 23.6 Å². The molecule has 23 heavy (non-hydrogen) atoms. The summed E-state index contributed by atoms with van der Waals surface area (Å²) in [4.78, 5) is 44.1. The lowest BCUT2D eigenvalue weighted by atomic mass is 10.1. The van der Waals surface area contributed by atoms with Crippen LogP contribution in [0.2, 0.25) is 0 Å². The number of H-pyrrole nitrogens is 1. The van der Waals surface area contributed by atoms with Crippen molar-refractivity contribution in [3.63, 3.8) is 0 Å². The Labute approximate surface area is 138 Å². The van der Waals surface area contributed by atoms with Crippen LogP contribution in [0.5, 0.6) is 0 Å². The molecule has 1 aromatic heterocycles. The van der Waals surface area contributed by atoms with E-state index in [9.17, 15) is 14.4 Å². The molecule has 0 spiro atoms. The first-order valence-corrected chi connectivity index (χ1v) is 8.50. The number of esters is 1. The fourth-order valence-electron chi connectivity index (χ4n) is 2.44. The number of ether oxygens (including phenoxy) is 1. The van der Waals surface area contributed by atoms with Crippen LogP contribution in [0.4, 0.5) is 0 Å². The molecule has 0 aliphatic carbocycles. The van der Waals surface area contributed by atoms with E-state index in [0.717, 1.165) is 32.4 Å². The molecular weight excluding hydrogens is 318 g/mol. The number of amides is 1. The van der Waals surface area contributed by atoms with E-state index in [1.807, 2.05) is 4.90 Å². The maximum absolute atomic E-state index is 12.4. The minimum absolute atomic E-state index is 0.0516. The highest BCUT2D eigenvalue weighted by Crippen LogP contribution is 2.22. The zero-order chi connectivity index (χ0) is 16.8. The van der Waals surface area contributed by atoms with E-state index < -0.39 is 5.97 Å². The van der Waals surface area contributed by atoms with Crippen LogP contribution in [0.1, 0.15) is 31.9 Å². The zero-order valence-electron chi connectivity index (χ0n) is 13.3. The van der Waals surface area contributed by atoms with Gasteiger partial charge in [0.25, 0.3) is 5.56 Å². The summed E-state index contributed by atoms with van der Waals surface area (Å²) in [6, 6.07) is 1.26. The molecule has 8 heteroatoms. The normalized spacial score (nSPS) is 16.0. The molecule has 1 saturated heterocycles. The van der Waals surface area contributed by atoms with Gasteiger partial charge in [-0.1, -0.05) is 11.8 Å². The zero-order valence-corrected chi connectivity index (χ0v) is 14.1. The van der Waals surface area contributed by atoms with Gasteiger partial charge in [0, 0.05) is 19.2 Å². The summed E-state index contributed by atoms with van der Waals surface area (Å²) in [7, 11) is 1.28. The Bertz CT molecular complexity index is 625. The summed E-state index contributed by atoms with van der Waals surface area (Å²) < 4.78 is 4.57. The van der Waals surface area contributed by atoms with Gasteiger partial charge in [0.15, 0.2) is 5.16 Å². The number of rotatable bonds is 5. The smallest absolute Gasteiger partial charge is 0.311 e. The third kappa shape index (κ3) is 5.09. The molecule has 1 aliphatic rings. The summed E-state index contributed by atoms with van der Waals surface area (Å²) in [5, 5.41) is -0.00103. The molecule has 1 atom stereocenters. The molecule has 0 bridgehead atoms. The van der Waals surface area contributed by atoms with Crippen LogP contribution < -0.4 is 5.56 Å². The molecule has 2 rings (SSSR count). The molecule has 1 fully saturated rings. The highest BCUT2D eigenvalue weighted by atomic mass is 32.2. The van der Waals surface area contributed by atoms with Crippen LogP contribution in [-0.2, 0) is 20.7 Å². The maximum atomic E-state index is 12.4. The van der Waals surface area contributed by atoms with Crippen LogP contribution in [0.15, 0.2) is 16.0 Å². The van der Waals surface area contributed by atoms with Crippen LogP contribution in [0, 0.1) is 0 Å². The predicted octanol–water partition coefficient (Wildman–Crippen LogP) is 0.978. The molecule has 126 valence electrons. The van der Waals surface area contributed by atoms with Gasteiger partial charge in [0.1, 0.15) is 0 Å². The number of thioether (sulfide) groups is 1. The molecule has 7 nitrogen and oxygen atoms in total. The van der Waals surface area contributed by atoms with Crippen molar-refractivity contribution in [1.82, 2.24) is 14.9 Å². The first-order chi connectivity index (χ1) is 11.0. The van der Waals surface area contributed by atoms with Gasteiger partial charge in [0.05, 0.1) is 24.5 Å². The van der Waals surface area contributed by atoms with Crippen LogP contribution in [0.25, 0.3) is 0 Å². The molecule has 1 aliphatic heterocycles. The fraction of sp³-hybridized carbons (Fsp3) is 0.600. The number of nitrogens with zero attached hydrogens (tertiary/aromatic N) is 2. The maximum Gasteiger partial charge on any atom is 0.311 e. The second-order valence-corrected chi connectivity index (χ2v) is 6.77. The van der Waals surface area contributed by atoms with Crippen LogP contribution in [-0.4, -0.2) is 52.2 Å². The second kappa shape index (κ2) is 8.14. The fourth-order valence-corrected chi connectivity index (χ4v) is 3.35. The third-order valence-electron chi connectivity index (χ3n) is 3.63. The number of carbonyl (C=O) groups excluding carboxylic acids is 2. The minimum Gasteiger partial charge on any atom is -0.469 e. The number of piperidine rings is 1. The van der Waals surface area contributed by atoms with E-state index in [4.69, 9.17) is 0 Å². The molecule has 0 radical (unpaired) electrons. The van der Waals surface area contributed by atoms with Gasteiger partial charge >= 0.3 is 5.97 Å². The summed E-state index contributed by atoms with van der Waals surface area (Å²) in [6.07, 6.45) is 3.16. The lowest BCUT2D eigenvalue weighted by Crippen LogP contribution is -2.40. The molecule has 1 amide bonds. The quantitative estimate of drug-likeness (QED) is 0.488. The van der Waals surface area contributed by atoms with E-state index in [-0.39, 0.29) is 23.1 Å². The second-order valence-electron chi connectivity index (χ2n) is 5.44. The first-order valence-electron chi connectivity index (χ1n) is 7.62. The highest BCUT2D eigenvalue weighted by Gasteiger charge is 2.23. The number of likely N-dealkylation sites (tertiary alicyclic amines) is 1. The highest BCUT2D eigenvalue weighted by molar-refractivity contribution is 8.00. The Morgan fingerprint density at radius 2 is 2.09 bits per heavy atom. The third-order valence-corrected chi connectivity index (χ3v) is 4.60. The standard InChI is InChI=1S/C15H21N3O4S/c1-10(14(21)18-6-4-3-5-7-18)23-15-16-11(8-12(19)17-15)9-13(20)22-2/h8,10H,3-7,9H2,1-2H3,(H,16,17,19)/t10-/m0/s1. The van der Waals surface area contributed by atoms with Gasteiger partial charge in [-0.3, -0.25) is 14.4 Å². The van der Waals surface area contributed by atoms with Gasteiger partial charge in [-0.25, -0.2) is 4.98 Å². The van der Waals surface area contributed by atoms with Crippen LogP contribution in [0.3, 0.4) is 0 Å². The van der Waals surface area contributed by atoms with E-state index in [2.05, 4.69) is 14.7 Å². The van der Waals surface area contributed by atoms with Gasteiger partial charge in [-0.05, 0) is 26.2 Å². The number of hydrogen-bond acceptors (Lipinski definition) is 6. The Hall–Kier alpha value is -1.83. The Balaban J connectivity index is 2.04. The number of aromatic nitrogens is 2. The van der Waals surface area contributed by atoms with E-state index >= 15 is 0 Å². The molecular formula is C15H21N3O4S. The summed E-state index contributed by atoms with van der Waals surface area (Å²) in [5.74, 6) is -0.410. The first kappa shape index (κ1) is 17.5. The van der Waals surface area contributed by atoms with Crippen molar-refractivity contribution < 1.29 is 14.3 Å². The van der Waals surface area contributed by atoms with Gasteiger partial charge < -0.3 is 14.6 Å². The summed E-state index contributed by atoms with van der Waals surface area (Å²) in [5.41, 5.74) is -0.0141. The van der Waals surface area contributed by atoms with Gasteiger partial charge in [0.2, 0.25) is 5.91 Å². The van der Waals surface area contributed by atoms with Crippen molar-refractivity contribution in [1.29, 1.82) is 0 Å². The molecule has 0 aromatic carbocycles. The molecule has 1 aromatic rings. The minimum atomic E-state index is -0.462. The lowest BCUT2D eigenvalue weighted by Gasteiger charge is -2.28. The average molecular weight is 339 g/mol. The number of carbonyl (C=O) groups is 2. The SMILES string of the molecule is COC(=O)Cc1cc(=O)[nH]c(S[C@@H](C)C(=O)N2CCCCC2)n1. The van der Waals surface area contributed by atoms with Crippen molar-refractivity contribution in [2.24, 2.45) is 0 Å². The molecule has 0 saturated carbocycles. The Kier molecular flexibility index (Phi) is 6.20. The molecule has 1 N–H and O–H groups in total. The molecule has 0 unspecified atom stereocenters. The van der Waals surface area contributed by atoms with Crippen molar-refractivity contribution in [3.05, 3.63) is 22.1 Å². The van der Waals surface area contributed by atoms with E-state index in [1.54, 1.807) is 6.92 Å². The van der Waals surface area contributed by atoms with Gasteiger partial charge in [-0.15, -0.1) is 0 Å². The average Bonchev–Trinajstić information content (AvgIpc) is 2.54. The van der Waals surface area contributed by atoms with Crippen molar-refractivity contribution in [3.8, 4) is 0 Å². The largest absolute Gasteiger partial charge is 0.469 e. The lowest BCUT2D eigenvalue weighted by molar-refractivity contribution is -0.139. The Morgan fingerprint density at radius 3 is 2.74 bits per heavy atom. The summed E-state index contributed by atoms with van der Waals surface area (Å²) >= 11 is 1.20. The Morgan fingerprint density at radius 1 is 1.39 bits per heavy atom. The van der Waals surface area contributed by atoms with E-state index in [0.29, 0.717) is 10.9 Å².